The fourth-order valence-electron chi connectivity index (χ4n) is 1.72. The van der Waals surface area contributed by atoms with Crippen LogP contribution in [0.2, 0.25) is 0 Å². The highest BCUT2D eigenvalue weighted by atomic mass is 16.5. The molecule has 17 heavy (non-hydrogen) atoms. The van der Waals surface area contributed by atoms with Gasteiger partial charge >= 0.3 is 5.97 Å². The van der Waals surface area contributed by atoms with Crippen LogP contribution in [0.15, 0.2) is 18.2 Å². The van der Waals surface area contributed by atoms with Crippen LogP contribution in [-0.2, 0) is 0 Å². The molecule has 1 aromatic rings. The monoisotopic (exact) mass is 237 g/mol. The molecule has 4 heteroatoms. The number of carboxylic acid groups (broad SMARTS) is 1. The summed E-state index contributed by atoms with van der Waals surface area (Å²) in [5, 5.41) is 8.80. The molecule has 3 N–H and O–H groups in total. The lowest BCUT2D eigenvalue weighted by Gasteiger charge is -2.18. The number of carboxylic acids is 1. The first kappa shape index (κ1) is 13.4. The Balaban J connectivity index is 2.75. The molecule has 1 atom stereocenters. The number of hydrogen-bond donors (Lipinski definition) is 2. The van der Waals surface area contributed by atoms with E-state index in [1.54, 1.807) is 6.07 Å². The Morgan fingerprint density at radius 1 is 1.41 bits per heavy atom. The zero-order chi connectivity index (χ0) is 13.0. The minimum Gasteiger partial charge on any atom is -0.489 e. The van der Waals surface area contributed by atoms with E-state index in [1.165, 1.54) is 12.1 Å². The Morgan fingerprint density at radius 2 is 2.06 bits per heavy atom. The predicted molar refractivity (Wildman–Crippen MR) is 67.4 cm³/mol. The van der Waals surface area contributed by atoms with Gasteiger partial charge in [-0.3, -0.25) is 0 Å². The molecule has 0 aliphatic heterocycles. The SMILES string of the molecule is CC(C)CC(C)Oc1ccc(C(=O)O)cc1N. The highest BCUT2D eigenvalue weighted by Crippen LogP contribution is 2.24. The van der Waals surface area contributed by atoms with E-state index in [0.29, 0.717) is 17.4 Å². The zero-order valence-corrected chi connectivity index (χ0v) is 10.4. The van der Waals surface area contributed by atoms with Gasteiger partial charge < -0.3 is 15.6 Å². The average molecular weight is 237 g/mol. The van der Waals surface area contributed by atoms with Crippen molar-refractivity contribution in [2.24, 2.45) is 5.92 Å². The second kappa shape index (κ2) is 5.57. The lowest BCUT2D eigenvalue weighted by atomic mass is 10.1. The number of rotatable bonds is 5. The summed E-state index contributed by atoms with van der Waals surface area (Å²) in [6.45, 7) is 6.22. The smallest absolute Gasteiger partial charge is 0.335 e. The van der Waals surface area contributed by atoms with Crippen molar-refractivity contribution < 1.29 is 14.6 Å². The van der Waals surface area contributed by atoms with Crippen LogP contribution in [0.1, 0.15) is 37.6 Å². The molecule has 0 aromatic heterocycles. The van der Waals surface area contributed by atoms with Crippen molar-refractivity contribution in [3.63, 3.8) is 0 Å². The number of carbonyl (C=O) groups is 1. The Morgan fingerprint density at radius 3 is 2.53 bits per heavy atom. The number of benzene rings is 1. The third-order valence-corrected chi connectivity index (χ3v) is 2.39. The van der Waals surface area contributed by atoms with E-state index in [9.17, 15) is 4.79 Å². The van der Waals surface area contributed by atoms with Gasteiger partial charge in [-0.1, -0.05) is 13.8 Å². The van der Waals surface area contributed by atoms with E-state index in [-0.39, 0.29) is 11.7 Å². The summed E-state index contributed by atoms with van der Waals surface area (Å²) < 4.78 is 5.67. The maximum atomic E-state index is 10.7. The van der Waals surface area contributed by atoms with Gasteiger partial charge in [0.15, 0.2) is 0 Å². The van der Waals surface area contributed by atoms with Gasteiger partial charge in [0.25, 0.3) is 0 Å². The van der Waals surface area contributed by atoms with Crippen LogP contribution < -0.4 is 10.5 Å². The molecular formula is C13H19NO3. The fraction of sp³-hybridized carbons (Fsp3) is 0.462. The minimum absolute atomic E-state index is 0.0629. The van der Waals surface area contributed by atoms with Gasteiger partial charge in [-0.15, -0.1) is 0 Å². The van der Waals surface area contributed by atoms with Crippen LogP contribution in [-0.4, -0.2) is 17.2 Å². The number of aromatic carboxylic acids is 1. The summed E-state index contributed by atoms with van der Waals surface area (Å²) in [6, 6.07) is 4.52. The zero-order valence-electron chi connectivity index (χ0n) is 10.4. The fourth-order valence-corrected chi connectivity index (χ4v) is 1.72. The second-order valence-corrected chi connectivity index (χ2v) is 4.62. The largest absolute Gasteiger partial charge is 0.489 e. The van der Waals surface area contributed by atoms with Gasteiger partial charge in [0.05, 0.1) is 17.4 Å². The molecule has 0 fully saturated rings. The molecule has 0 aliphatic rings. The third kappa shape index (κ3) is 3.98. The maximum Gasteiger partial charge on any atom is 0.335 e. The molecule has 0 aliphatic carbocycles. The molecule has 0 saturated carbocycles. The number of ether oxygens (including phenoxy) is 1. The van der Waals surface area contributed by atoms with Crippen LogP contribution >= 0.6 is 0 Å². The lowest BCUT2D eigenvalue weighted by molar-refractivity contribution is 0.0697. The topological polar surface area (TPSA) is 72.5 Å². The Hall–Kier alpha value is -1.71. The van der Waals surface area contributed by atoms with Gasteiger partial charge in [-0.05, 0) is 37.5 Å². The van der Waals surface area contributed by atoms with Gasteiger partial charge in [0, 0.05) is 0 Å². The summed E-state index contributed by atoms with van der Waals surface area (Å²) in [4.78, 5) is 10.7. The van der Waals surface area contributed by atoms with Crippen molar-refractivity contribution in [2.75, 3.05) is 5.73 Å². The molecule has 0 bridgehead atoms. The molecule has 94 valence electrons. The molecular weight excluding hydrogens is 218 g/mol. The van der Waals surface area contributed by atoms with Crippen molar-refractivity contribution in [1.82, 2.24) is 0 Å². The Bertz CT molecular complexity index is 402. The van der Waals surface area contributed by atoms with E-state index in [1.807, 2.05) is 6.92 Å². The van der Waals surface area contributed by atoms with Crippen LogP contribution in [0.3, 0.4) is 0 Å². The third-order valence-electron chi connectivity index (χ3n) is 2.39. The molecule has 0 amide bonds. The molecule has 1 unspecified atom stereocenters. The summed E-state index contributed by atoms with van der Waals surface area (Å²) in [6.07, 6.45) is 0.994. The van der Waals surface area contributed by atoms with E-state index < -0.39 is 5.97 Å². The van der Waals surface area contributed by atoms with Crippen LogP contribution in [0, 0.1) is 5.92 Å². The van der Waals surface area contributed by atoms with Gasteiger partial charge in [0.1, 0.15) is 5.75 Å². The summed E-state index contributed by atoms with van der Waals surface area (Å²) >= 11 is 0. The molecule has 1 aromatic carbocycles. The highest BCUT2D eigenvalue weighted by Gasteiger charge is 2.11. The summed E-state index contributed by atoms with van der Waals surface area (Å²) in [5.74, 6) is 0.103. The average Bonchev–Trinajstić information content (AvgIpc) is 2.19. The predicted octanol–water partition coefficient (Wildman–Crippen LogP) is 2.78. The van der Waals surface area contributed by atoms with Gasteiger partial charge in [0.2, 0.25) is 0 Å². The molecule has 0 radical (unpaired) electrons. The first-order valence-corrected chi connectivity index (χ1v) is 5.69. The molecule has 4 nitrogen and oxygen atoms in total. The number of hydrogen-bond acceptors (Lipinski definition) is 3. The van der Waals surface area contributed by atoms with Crippen molar-refractivity contribution in [1.29, 1.82) is 0 Å². The number of anilines is 1. The molecule has 0 saturated heterocycles. The minimum atomic E-state index is -0.988. The second-order valence-electron chi connectivity index (χ2n) is 4.62. The van der Waals surface area contributed by atoms with Crippen LogP contribution in [0.4, 0.5) is 5.69 Å². The first-order valence-electron chi connectivity index (χ1n) is 5.69. The van der Waals surface area contributed by atoms with Gasteiger partial charge in [-0.2, -0.15) is 0 Å². The molecule has 0 spiro atoms. The molecule has 0 heterocycles. The first-order chi connectivity index (χ1) is 7.90. The van der Waals surface area contributed by atoms with Crippen molar-refractivity contribution >= 4 is 11.7 Å². The van der Waals surface area contributed by atoms with Crippen molar-refractivity contribution in [3.05, 3.63) is 23.8 Å². The van der Waals surface area contributed by atoms with Gasteiger partial charge in [-0.25, -0.2) is 4.79 Å². The van der Waals surface area contributed by atoms with Crippen molar-refractivity contribution in [3.8, 4) is 5.75 Å². The maximum absolute atomic E-state index is 10.7. The van der Waals surface area contributed by atoms with Crippen LogP contribution in [0.25, 0.3) is 0 Å². The normalized spacial score (nSPS) is 12.5. The van der Waals surface area contributed by atoms with Crippen LogP contribution in [0.5, 0.6) is 5.75 Å². The molecule has 1 rings (SSSR count). The summed E-state index contributed by atoms with van der Waals surface area (Å²) in [5.41, 5.74) is 6.28. The van der Waals surface area contributed by atoms with E-state index in [4.69, 9.17) is 15.6 Å². The van der Waals surface area contributed by atoms with E-state index >= 15 is 0 Å². The number of nitrogen functional groups attached to an aromatic ring is 1. The van der Waals surface area contributed by atoms with Crippen molar-refractivity contribution in [2.45, 2.75) is 33.3 Å². The standard InChI is InChI=1S/C13H19NO3/c1-8(2)6-9(3)17-12-5-4-10(13(15)16)7-11(12)14/h4-5,7-9H,6,14H2,1-3H3,(H,15,16). The Labute approximate surface area is 101 Å². The highest BCUT2D eigenvalue weighted by molar-refractivity contribution is 5.89. The van der Waals surface area contributed by atoms with E-state index in [0.717, 1.165) is 6.42 Å². The lowest BCUT2D eigenvalue weighted by Crippen LogP contribution is -2.15. The Kier molecular flexibility index (Phi) is 4.37. The van der Waals surface area contributed by atoms with E-state index in [2.05, 4.69) is 13.8 Å². The number of nitrogens with two attached hydrogens (primary N) is 1. The summed E-state index contributed by atoms with van der Waals surface area (Å²) in [7, 11) is 0. The quantitative estimate of drug-likeness (QED) is 0.772.